The van der Waals surface area contributed by atoms with Crippen LogP contribution in [0.25, 0.3) is 0 Å². The van der Waals surface area contributed by atoms with Crippen LogP contribution in [0.4, 0.5) is 5.82 Å². The van der Waals surface area contributed by atoms with E-state index in [4.69, 9.17) is 21.6 Å². The summed E-state index contributed by atoms with van der Waals surface area (Å²) in [5.74, 6) is 1.13. The van der Waals surface area contributed by atoms with E-state index in [-0.39, 0.29) is 40.5 Å². The number of carbonyl (C=O) groups is 2. The lowest BCUT2D eigenvalue weighted by molar-refractivity contribution is -0.164. The molecular formula is C26H30ClN5O3. The molecule has 0 unspecified atom stereocenters. The van der Waals surface area contributed by atoms with Gasteiger partial charge in [0.15, 0.2) is 0 Å². The fourth-order valence-electron chi connectivity index (χ4n) is 5.67. The lowest BCUT2D eigenvalue weighted by Gasteiger charge is -2.63. The van der Waals surface area contributed by atoms with Gasteiger partial charge in [-0.05, 0) is 25.0 Å². The van der Waals surface area contributed by atoms with E-state index in [2.05, 4.69) is 47.9 Å². The number of nitrogens with one attached hydrogen (secondary N) is 1. The van der Waals surface area contributed by atoms with Crippen LogP contribution < -0.4 is 15.0 Å². The molecule has 1 aromatic carbocycles. The number of carbonyl (C=O) groups excluding carboxylic acids is 2. The van der Waals surface area contributed by atoms with E-state index >= 15 is 0 Å². The zero-order valence-electron chi connectivity index (χ0n) is 20.4. The average Bonchev–Trinajstić information content (AvgIpc) is 2.85. The third-order valence-corrected chi connectivity index (χ3v) is 7.67. The molecule has 35 heavy (non-hydrogen) atoms. The highest BCUT2D eigenvalue weighted by molar-refractivity contribution is 6.31. The molecule has 0 bridgehead atoms. The highest BCUT2D eigenvalue weighted by Gasteiger charge is 2.64. The lowest BCUT2D eigenvalue weighted by Crippen LogP contribution is -2.74. The molecule has 9 heteroatoms. The minimum absolute atomic E-state index is 0.111. The summed E-state index contributed by atoms with van der Waals surface area (Å²) >= 11 is 6.17. The minimum Gasteiger partial charge on any atom is -0.489 e. The molecule has 0 atom stereocenters. The van der Waals surface area contributed by atoms with Crippen LogP contribution in [-0.2, 0) is 4.79 Å². The molecule has 1 aromatic heterocycles. The number of rotatable bonds is 6. The number of aromatic nitrogens is 2. The topological polar surface area (TPSA) is 108 Å². The Kier molecular flexibility index (Phi) is 6.74. The number of benzene rings is 1. The molecule has 1 aliphatic carbocycles. The van der Waals surface area contributed by atoms with Gasteiger partial charge in [0, 0.05) is 41.9 Å². The molecule has 2 fully saturated rings. The first-order valence-corrected chi connectivity index (χ1v) is 12.1. The molecule has 2 aliphatic rings. The quantitative estimate of drug-likeness (QED) is 0.602. The van der Waals surface area contributed by atoms with Crippen LogP contribution in [0.5, 0.6) is 5.75 Å². The smallest absolute Gasteiger partial charge is 0.271 e. The molecule has 184 valence electrons. The lowest BCUT2D eigenvalue weighted by atomic mass is 9.49. The molecular weight excluding hydrogens is 466 g/mol. The SMILES string of the molecule is CC1(C)[C@H](NC(=O)c2cnc(N3CCC(C=O)CC3)cn2)C(C)(C)[C@H]1Oc1ccc(C#N)c(Cl)c1. The maximum absolute atomic E-state index is 13.0. The number of hydrogen-bond acceptors (Lipinski definition) is 7. The van der Waals surface area contributed by atoms with Gasteiger partial charge in [-0.2, -0.15) is 5.26 Å². The second-order valence-corrected chi connectivity index (χ2v) is 10.9. The van der Waals surface area contributed by atoms with Crippen molar-refractivity contribution in [2.24, 2.45) is 16.7 Å². The Balaban J connectivity index is 1.41. The molecule has 1 N–H and O–H groups in total. The van der Waals surface area contributed by atoms with E-state index in [1.807, 2.05) is 6.07 Å². The van der Waals surface area contributed by atoms with E-state index in [9.17, 15) is 9.59 Å². The highest BCUT2D eigenvalue weighted by atomic mass is 35.5. The van der Waals surface area contributed by atoms with E-state index in [1.54, 1.807) is 24.4 Å². The first-order chi connectivity index (χ1) is 16.6. The van der Waals surface area contributed by atoms with Gasteiger partial charge in [-0.15, -0.1) is 0 Å². The van der Waals surface area contributed by atoms with Crippen LogP contribution in [-0.4, -0.2) is 47.4 Å². The summed E-state index contributed by atoms with van der Waals surface area (Å²) in [6, 6.07) is 6.91. The summed E-state index contributed by atoms with van der Waals surface area (Å²) in [5, 5.41) is 12.6. The molecule has 1 saturated carbocycles. The number of nitriles is 1. The van der Waals surface area contributed by atoms with Gasteiger partial charge in [0.25, 0.3) is 5.91 Å². The van der Waals surface area contributed by atoms with E-state index in [0.29, 0.717) is 22.2 Å². The molecule has 2 aromatic rings. The Labute approximate surface area is 210 Å². The van der Waals surface area contributed by atoms with Gasteiger partial charge < -0.3 is 19.7 Å². The van der Waals surface area contributed by atoms with Crippen molar-refractivity contribution in [2.45, 2.75) is 52.7 Å². The van der Waals surface area contributed by atoms with Gasteiger partial charge >= 0.3 is 0 Å². The molecule has 1 amide bonds. The summed E-state index contributed by atoms with van der Waals surface area (Å²) in [7, 11) is 0. The monoisotopic (exact) mass is 495 g/mol. The third-order valence-electron chi connectivity index (χ3n) is 7.36. The van der Waals surface area contributed by atoms with Crippen LogP contribution in [0, 0.1) is 28.1 Å². The summed E-state index contributed by atoms with van der Waals surface area (Å²) < 4.78 is 6.28. The van der Waals surface area contributed by atoms with Crippen LogP contribution >= 0.6 is 11.6 Å². The molecule has 1 saturated heterocycles. The number of ether oxygens (including phenoxy) is 1. The van der Waals surface area contributed by atoms with Gasteiger partial charge in [0.2, 0.25) is 0 Å². The maximum atomic E-state index is 13.0. The predicted octanol–water partition coefficient (Wildman–Crippen LogP) is 4.03. The zero-order chi connectivity index (χ0) is 25.4. The second kappa shape index (κ2) is 9.46. The van der Waals surface area contributed by atoms with Crippen molar-refractivity contribution in [1.82, 2.24) is 15.3 Å². The normalized spacial score (nSPS) is 23.0. The average molecular weight is 496 g/mol. The Morgan fingerprint density at radius 3 is 2.43 bits per heavy atom. The Hall–Kier alpha value is -3.18. The largest absolute Gasteiger partial charge is 0.489 e. The van der Waals surface area contributed by atoms with Crippen molar-refractivity contribution in [2.75, 3.05) is 18.0 Å². The van der Waals surface area contributed by atoms with Gasteiger partial charge in [0.05, 0.1) is 23.0 Å². The Morgan fingerprint density at radius 1 is 1.20 bits per heavy atom. The number of hydrogen-bond donors (Lipinski definition) is 1. The van der Waals surface area contributed by atoms with Crippen LogP contribution in [0.3, 0.4) is 0 Å². The predicted molar refractivity (Wildman–Crippen MR) is 132 cm³/mol. The molecule has 4 rings (SSSR count). The van der Waals surface area contributed by atoms with Gasteiger partial charge in [0.1, 0.15) is 35.7 Å². The summed E-state index contributed by atoms with van der Waals surface area (Å²) in [6.45, 7) is 9.71. The van der Waals surface area contributed by atoms with Crippen LogP contribution in [0.1, 0.15) is 56.6 Å². The highest BCUT2D eigenvalue weighted by Crippen LogP contribution is 2.55. The Morgan fingerprint density at radius 2 is 1.89 bits per heavy atom. The van der Waals surface area contributed by atoms with E-state index in [0.717, 1.165) is 32.2 Å². The van der Waals surface area contributed by atoms with E-state index < -0.39 is 0 Å². The van der Waals surface area contributed by atoms with Crippen molar-refractivity contribution < 1.29 is 14.3 Å². The fourth-order valence-corrected chi connectivity index (χ4v) is 5.88. The minimum atomic E-state index is -0.365. The first-order valence-electron chi connectivity index (χ1n) is 11.8. The fraction of sp³-hybridized carbons (Fsp3) is 0.500. The van der Waals surface area contributed by atoms with Crippen LogP contribution in [0.15, 0.2) is 30.6 Å². The van der Waals surface area contributed by atoms with Gasteiger partial charge in [-0.1, -0.05) is 39.3 Å². The molecule has 0 spiro atoms. The number of piperidine rings is 1. The third kappa shape index (κ3) is 4.70. The Bertz CT molecular complexity index is 1130. The zero-order valence-corrected chi connectivity index (χ0v) is 21.2. The number of nitrogens with zero attached hydrogens (tertiary/aromatic N) is 4. The van der Waals surface area contributed by atoms with Gasteiger partial charge in [-0.3, -0.25) is 4.79 Å². The second-order valence-electron chi connectivity index (χ2n) is 10.5. The standard InChI is InChI=1S/C26H30ClN5O3/c1-25(2)23(26(3,4)24(25)35-18-6-5-17(12-28)19(27)11-18)31-22(34)20-13-30-21(14-29-20)32-9-7-16(15-33)8-10-32/h5-6,11,13-16,23-24H,7-10H2,1-4H3,(H,31,34)/t23-,24-. The number of aldehydes is 1. The van der Waals surface area contributed by atoms with Crippen molar-refractivity contribution in [3.63, 3.8) is 0 Å². The first kappa shape index (κ1) is 24.9. The van der Waals surface area contributed by atoms with Crippen molar-refractivity contribution >= 4 is 29.6 Å². The number of anilines is 1. The van der Waals surface area contributed by atoms with Gasteiger partial charge in [-0.25, -0.2) is 9.97 Å². The van der Waals surface area contributed by atoms with Crippen LogP contribution in [0.2, 0.25) is 5.02 Å². The molecule has 8 nitrogen and oxygen atoms in total. The maximum Gasteiger partial charge on any atom is 0.271 e. The number of halogens is 1. The molecule has 2 heterocycles. The van der Waals surface area contributed by atoms with Crippen molar-refractivity contribution in [3.05, 3.63) is 46.9 Å². The molecule has 0 radical (unpaired) electrons. The summed E-state index contributed by atoms with van der Waals surface area (Å²) in [4.78, 5) is 34.9. The van der Waals surface area contributed by atoms with Crippen molar-refractivity contribution in [3.8, 4) is 11.8 Å². The number of amides is 1. The summed E-state index contributed by atoms with van der Waals surface area (Å²) in [5.41, 5.74) is -0.0775. The van der Waals surface area contributed by atoms with Crippen molar-refractivity contribution in [1.29, 1.82) is 5.26 Å². The molecule has 1 aliphatic heterocycles. The van der Waals surface area contributed by atoms with E-state index in [1.165, 1.54) is 6.20 Å². The summed E-state index contributed by atoms with van der Waals surface area (Å²) in [6.07, 6.45) is 5.56.